The van der Waals surface area contributed by atoms with Crippen molar-refractivity contribution >= 4 is 11.9 Å². The van der Waals surface area contributed by atoms with Gasteiger partial charge in [0.25, 0.3) is 0 Å². The lowest BCUT2D eigenvalue weighted by atomic mass is 10.1. The largest absolute Gasteiger partial charge is 0.480 e. The van der Waals surface area contributed by atoms with Crippen LogP contribution in [-0.4, -0.2) is 28.7 Å². The predicted molar refractivity (Wildman–Crippen MR) is 75.2 cm³/mol. The second-order valence-corrected chi connectivity index (χ2v) is 5.55. The Bertz CT molecular complexity index is 451. The molecule has 0 amide bonds. The Morgan fingerprint density at radius 2 is 1.85 bits per heavy atom. The van der Waals surface area contributed by atoms with Gasteiger partial charge in [0.15, 0.2) is 0 Å². The van der Waals surface area contributed by atoms with Crippen LogP contribution in [0, 0.1) is 0 Å². The standard InChI is InChI=1S/C15H21NO4/c1-15(2,3)20-13(17)9-12(14(18)19)16-10-11-7-5-4-6-8-11/h4-8,12,16H,9-10H2,1-3H3,(H,18,19)/t12-/m1/s1. The summed E-state index contributed by atoms with van der Waals surface area (Å²) in [6.45, 7) is 5.63. The van der Waals surface area contributed by atoms with Gasteiger partial charge in [-0.25, -0.2) is 0 Å². The number of rotatable bonds is 6. The fraction of sp³-hybridized carbons (Fsp3) is 0.467. The number of benzene rings is 1. The average molecular weight is 279 g/mol. The molecule has 1 rings (SSSR count). The van der Waals surface area contributed by atoms with E-state index < -0.39 is 23.6 Å². The molecule has 20 heavy (non-hydrogen) atoms. The van der Waals surface area contributed by atoms with Crippen molar-refractivity contribution in [3.05, 3.63) is 35.9 Å². The van der Waals surface area contributed by atoms with E-state index in [9.17, 15) is 9.59 Å². The molecule has 1 atom stereocenters. The molecule has 0 spiro atoms. The zero-order valence-corrected chi connectivity index (χ0v) is 12.1. The van der Waals surface area contributed by atoms with Crippen molar-refractivity contribution in [1.29, 1.82) is 0 Å². The Balaban J connectivity index is 2.53. The highest BCUT2D eigenvalue weighted by Gasteiger charge is 2.24. The summed E-state index contributed by atoms with van der Waals surface area (Å²) in [4.78, 5) is 22.8. The summed E-state index contributed by atoms with van der Waals surface area (Å²) in [5.41, 5.74) is 0.350. The molecule has 0 aromatic heterocycles. The molecule has 0 aliphatic heterocycles. The lowest BCUT2D eigenvalue weighted by Gasteiger charge is -2.21. The van der Waals surface area contributed by atoms with Crippen LogP contribution in [0.3, 0.4) is 0 Å². The summed E-state index contributed by atoms with van der Waals surface area (Å²) < 4.78 is 5.13. The van der Waals surface area contributed by atoms with Crippen LogP contribution in [-0.2, 0) is 20.9 Å². The first kappa shape index (κ1) is 16.2. The highest BCUT2D eigenvalue weighted by molar-refractivity contribution is 5.81. The molecule has 0 heterocycles. The number of carboxylic acids is 1. The maximum atomic E-state index is 11.7. The van der Waals surface area contributed by atoms with Crippen molar-refractivity contribution in [2.75, 3.05) is 0 Å². The fourth-order valence-corrected chi connectivity index (χ4v) is 1.63. The summed E-state index contributed by atoms with van der Waals surface area (Å²) in [5, 5.41) is 12.0. The van der Waals surface area contributed by atoms with Crippen molar-refractivity contribution in [1.82, 2.24) is 5.32 Å². The van der Waals surface area contributed by atoms with Gasteiger partial charge in [0, 0.05) is 6.54 Å². The van der Waals surface area contributed by atoms with E-state index in [1.165, 1.54) is 0 Å². The predicted octanol–water partition coefficient (Wildman–Crippen LogP) is 1.96. The molecule has 0 saturated carbocycles. The van der Waals surface area contributed by atoms with Crippen LogP contribution in [0.15, 0.2) is 30.3 Å². The molecule has 1 aromatic carbocycles. The van der Waals surface area contributed by atoms with Crippen LogP contribution in [0.2, 0.25) is 0 Å². The van der Waals surface area contributed by atoms with Crippen molar-refractivity contribution in [2.24, 2.45) is 0 Å². The maximum Gasteiger partial charge on any atom is 0.321 e. The average Bonchev–Trinajstić information content (AvgIpc) is 2.33. The molecular weight excluding hydrogens is 258 g/mol. The Morgan fingerprint density at radius 3 is 2.35 bits per heavy atom. The third-order valence-corrected chi connectivity index (χ3v) is 2.48. The summed E-state index contributed by atoms with van der Waals surface area (Å²) in [6, 6.07) is 8.46. The van der Waals surface area contributed by atoms with E-state index in [1.807, 2.05) is 30.3 Å². The molecule has 0 aliphatic rings. The minimum atomic E-state index is -1.06. The lowest BCUT2D eigenvalue weighted by Crippen LogP contribution is -2.39. The van der Waals surface area contributed by atoms with Gasteiger partial charge in [-0.3, -0.25) is 14.9 Å². The van der Waals surface area contributed by atoms with Crippen LogP contribution in [0.25, 0.3) is 0 Å². The first-order chi connectivity index (χ1) is 9.28. The number of nitrogens with one attached hydrogen (secondary N) is 1. The molecule has 0 radical (unpaired) electrons. The molecule has 110 valence electrons. The number of carbonyl (C=O) groups excluding carboxylic acids is 1. The first-order valence-corrected chi connectivity index (χ1v) is 6.50. The Labute approximate surface area is 118 Å². The smallest absolute Gasteiger partial charge is 0.321 e. The summed E-state index contributed by atoms with van der Waals surface area (Å²) >= 11 is 0. The molecule has 2 N–H and O–H groups in total. The number of carboxylic acid groups (broad SMARTS) is 1. The Kier molecular flexibility index (Phi) is 5.70. The molecule has 1 aromatic rings. The third-order valence-electron chi connectivity index (χ3n) is 2.48. The molecule has 5 nitrogen and oxygen atoms in total. The highest BCUT2D eigenvalue weighted by atomic mass is 16.6. The number of hydrogen-bond acceptors (Lipinski definition) is 4. The van der Waals surface area contributed by atoms with E-state index >= 15 is 0 Å². The fourth-order valence-electron chi connectivity index (χ4n) is 1.63. The van der Waals surface area contributed by atoms with Crippen molar-refractivity contribution < 1.29 is 19.4 Å². The van der Waals surface area contributed by atoms with Crippen LogP contribution in [0.5, 0.6) is 0 Å². The zero-order chi connectivity index (χ0) is 15.2. The molecule has 0 fully saturated rings. The quantitative estimate of drug-likeness (QED) is 0.779. The van der Waals surface area contributed by atoms with Crippen molar-refractivity contribution in [3.8, 4) is 0 Å². The molecule has 0 unspecified atom stereocenters. The monoisotopic (exact) mass is 279 g/mol. The van der Waals surface area contributed by atoms with Crippen LogP contribution in [0.1, 0.15) is 32.8 Å². The molecule has 0 aliphatic carbocycles. The van der Waals surface area contributed by atoms with Gasteiger partial charge in [-0.2, -0.15) is 0 Å². The Morgan fingerprint density at radius 1 is 1.25 bits per heavy atom. The van der Waals surface area contributed by atoms with Crippen LogP contribution < -0.4 is 5.32 Å². The SMILES string of the molecule is CC(C)(C)OC(=O)C[C@@H](NCc1ccccc1)C(=O)O. The van der Waals surface area contributed by atoms with E-state index in [0.29, 0.717) is 6.54 Å². The second-order valence-electron chi connectivity index (χ2n) is 5.55. The summed E-state index contributed by atoms with van der Waals surface area (Å²) in [6.07, 6.45) is -0.195. The van der Waals surface area contributed by atoms with E-state index in [-0.39, 0.29) is 6.42 Å². The lowest BCUT2D eigenvalue weighted by molar-refractivity contribution is -0.158. The van der Waals surface area contributed by atoms with Crippen molar-refractivity contribution in [2.45, 2.75) is 45.4 Å². The number of ether oxygens (including phenoxy) is 1. The van der Waals surface area contributed by atoms with E-state index in [4.69, 9.17) is 9.84 Å². The van der Waals surface area contributed by atoms with Crippen LogP contribution in [0.4, 0.5) is 0 Å². The number of carbonyl (C=O) groups is 2. The van der Waals surface area contributed by atoms with Gasteiger partial charge in [-0.15, -0.1) is 0 Å². The zero-order valence-electron chi connectivity index (χ0n) is 12.1. The number of hydrogen-bond donors (Lipinski definition) is 2. The van der Waals surface area contributed by atoms with Gasteiger partial charge in [0.05, 0.1) is 6.42 Å². The van der Waals surface area contributed by atoms with Gasteiger partial charge < -0.3 is 9.84 Å². The normalized spacial score (nSPS) is 12.8. The number of esters is 1. The van der Waals surface area contributed by atoms with Gasteiger partial charge >= 0.3 is 11.9 Å². The topological polar surface area (TPSA) is 75.6 Å². The minimum Gasteiger partial charge on any atom is -0.480 e. The minimum absolute atomic E-state index is 0.195. The molecule has 0 bridgehead atoms. The van der Waals surface area contributed by atoms with Crippen LogP contribution >= 0.6 is 0 Å². The summed E-state index contributed by atoms with van der Waals surface area (Å²) in [7, 11) is 0. The first-order valence-electron chi connectivity index (χ1n) is 6.50. The summed E-state index contributed by atoms with van der Waals surface area (Å²) in [5.74, 6) is -1.59. The molecule has 5 heteroatoms. The molecular formula is C15H21NO4. The Hall–Kier alpha value is -1.88. The van der Waals surface area contributed by atoms with Gasteiger partial charge in [-0.1, -0.05) is 30.3 Å². The van der Waals surface area contributed by atoms with Gasteiger partial charge in [-0.05, 0) is 26.3 Å². The van der Waals surface area contributed by atoms with E-state index in [2.05, 4.69) is 5.32 Å². The van der Waals surface area contributed by atoms with Gasteiger partial charge in [0.2, 0.25) is 0 Å². The maximum absolute atomic E-state index is 11.7. The second kappa shape index (κ2) is 7.05. The van der Waals surface area contributed by atoms with E-state index in [1.54, 1.807) is 20.8 Å². The van der Waals surface area contributed by atoms with Gasteiger partial charge in [0.1, 0.15) is 11.6 Å². The molecule has 0 saturated heterocycles. The highest BCUT2D eigenvalue weighted by Crippen LogP contribution is 2.10. The third kappa shape index (κ3) is 6.33. The number of aliphatic carboxylic acids is 1. The van der Waals surface area contributed by atoms with E-state index in [0.717, 1.165) is 5.56 Å². The van der Waals surface area contributed by atoms with Crippen molar-refractivity contribution in [3.63, 3.8) is 0 Å².